The van der Waals surface area contributed by atoms with Gasteiger partial charge < -0.3 is 4.90 Å². The Hall–Kier alpha value is -2.92. The van der Waals surface area contributed by atoms with E-state index in [1.165, 1.54) is 0 Å². The van der Waals surface area contributed by atoms with Gasteiger partial charge in [0, 0.05) is 36.6 Å². The third kappa shape index (κ3) is 3.64. The number of anilines is 1. The van der Waals surface area contributed by atoms with E-state index in [4.69, 9.17) is 0 Å². The smallest absolute Gasteiger partial charge is 0.241 e. The van der Waals surface area contributed by atoms with Crippen molar-refractivity contribution in [3.05, 3.63) is 78.1 Å². The van der Waals surface area contributed by atoms with Crippen molar-refractivity contribution in [1.82, 2.24) is 14.7 Å². The number of hydrogen-bond donors (Lipinski definition) is 0. The number of amides is 1. The van der Waals surface area contributed by atoms with Crippen LogP contribution in [-0.4, -0.2) is 39.7 Å². The summed E-state index contributed by atoms with van der Waals surface area (Å²) in [5, 5.41) is 4.46. The molecule has 5 nitrogen and oxygen atoms in total. The van der Waals surface area contributed by atoms with Gasteiger partial charge in [0.2, 0.25) is 5.91 Å². The van der Waals surface area contributed by atoms with Crippen LogP contribution >= 0.6 is 0 Å². The first-order valence-corrected chi connectivity index (χ1v) is 9.31. The highest BCUT2D eigenvalue weighted by Gasteiger charge is 2.31. The Morgan fingerprint density at radius 2 is 1.81 bits per heavy atom. The Labute approximate surface area is 159 Å². The molecule has 1 aliphatic rings. The average Bonchev–Trinajstić information content (AvgIpc) is 3.14. The molecule has 5 heteroatoms. The van der Waals surface area contributed by atoms with Gasteiger partial charge in [-0.05, 0) is 37.6 Å². The standard InChI is InChI=1S/C22H24N4O/c1-17-8-6-7-11-21(17)25-13-18(2)24(16-22(25)27)14-19-12-23-26(15-19)20-9-4-3-5-10-20/h3-12,15,18H,13-14,16H2,1-2H3/t18-/m1/s1. The molecule has 2 heterocycles. The molecule has 0 spiro atoms. The fraction of sp³-hybridized carbons (Fsp3) is 0.273. The Morgan fingerprint density at radius 3 is 2.59 bits per heavy atom. The van der Waals surface area contributed by atoms with Gasteiger partial charge in [-0.2, -0.15) is 5.10 Å². The highest BCUT2D eigenvalue weighted by molar-refractivity contribution is 5.96. The lowest BCUT2D eigenvalue weighted by Crippen LogP contribution is -2.55. The fourth-order valence-electron chi connectivity index (χ4n) is 3.61. The van der Waals surface area contributed by atoms with E-state index in [9.17, 15) is 4.79 Å². The summed E-state index contributed by atoms with van der Waals surface area (Å²) in [7, 11) is 0. The summed E-state index contributed by atoms with van der Waals surface area (Å²) in [5.74, 6) is 0.151. The van der Waals surface area contributed by atoms with Crippen molar-refractivity contribution in [2.24, 2.45) is 0 Å². The number of carbonyl (C=O) groups excluding carboxylic acids is 1. The van der Waals surface area contributed by atoms with Gasteiger partial charge in [0.15, 0.2) is 0 Å². The highest BCUT2D eigenvalue weighted by atomic mass is 16.2. The molecule has 138 valence electrons. The van der Waals surface area contributed by atoms with Crippen molar-refractivity contribution in [1.29, 1.82) is 0 Å². The third-order valence-corrected chi connectivity index (χ3v) is 5.16. The molecule has 1 aromatic heterocycles. The summed E-state index contributed by atoms with van der Waals surface area (Å²) in [6, 6.07) is 18.4. The molecule has 0 bridgehead atoms. The van der Waals surface area contributed by atoms with Gasteiger partial charge in [-0.15, -0.1) is 0 Å². The zero-order valence-electron chi connectivity index (χ0n) is 15.7. The number of hydrogen-bond acceptors (Lipinski definition) is 3. The molecule has 1 aliphatic heterocycles. The van der Waals surface area contributed by atoms with Crippen LogP contribution < -0.4 is 4.90 Å². The van der Waals surface area contributed by atoms with Gasteiger partial charge in [0.05, 0.1) is 18.4 Å². The van der Waals surface area contributed by atoms with Gasteiger partial charge in [-0.3, -0.25) is 9.69 Å². The van der Waals surface area contributed by atoms with E-state index in [1.54, 1.807) is 0 Å². The van der Waals surface area contributed by atoms with Crippen LogP contribution in [0.4, 0.5) is 5.69 Å². The molecule has 27 heavy (non-hydrogen) atoms. The maximum atomic E-state index is 12.8. The van der Waals surface area contributed by atoms with Crippen molar-refractivity contribution in [2.75, 3.05) is 18.0 Å². The van der Waals surface area contributed by atoms with E-state index >= 15 is 0 Å². The van der Waals surface area contributed by atoms with Crippen LogP contribution in [0.5, 0.6) is 0 Å². The number of carbonyl (C=O) groups is 1. The Balaban J connectivity index is 1.47. The summed E-state index contributed by atoms with van der Waals surface area (Å²) in [5.41, 5.74) is 4.31. The van der Waals surface area contributed by atoms with Gasteiger partial charge in [0.25, 0.3) is 0 Å². The SMILES string of the molecule is Cc1ccccc1N1C[C@@H](C)N(Cc2cnn(-c3ccccc3)c2)CC1=O. The van der Waals surface area contributed by atoms with Crippen molar-refractivity contribution in [3.8, 4) is 5.69 Å². The van der Waals surface area contributed by atoms with Crippen LogP contribution in [0.1, 0.15) is 18.1 Å². The number of piperazine rings is 1. The number of rotatable bonds is 4. The number of nitrogens with zero attached hydrogens (tertiary/aromatic N) is 4. The van der Waals surface area contributed by atoms with Crippen molar-refractivity contribution >= 4 is 11.6 Å². The molecule has 1 atom stereocenters. The minimum Gasteiger partial charge on any atom is -0.309 e. The Kier molecular flexibility index (Phi) is 4.77. The molecule has 1 saturated heterocycles. The first kappa shape index (κ1) is 17.5. The molecule has 4 rings (SSSR count). The van der Waals surface area contributed by atoms with E-state index in [2.05, 4.69) is 29.9 Å². The van der Waals surface area contributed by atoms with E-state index in [1.807, 2.05) is 70.5 Å². The van der Waals surface area contributed by atoms with Gasteiger partial charge in [0.1, 0.15) is 0 Å². The molecule has 1 fully saturated rings. The fourth-order valence-corrected chi connectivity index (χ4v) is 3.61. The van der Waals surface area contributed by atoms with Crippen molar-refractivity contribution < 1.29 is 4.79 Å². The second kappa shape index (κ2) is 7.37. The van der Waals surface area contributed by atoms with E-state index < -0.39 is 0 Å². The largest absolute Gasteiger partial charge is 0.309 e. The van der Waals surface area contributed by atoms with Crippen molar-refractivity contribution in [2.45, 2.75) is 26.4 Å². The molecule has 0 unspecified atom stereocenters. The number of aromatic nitrogens is 2. The number of aryl methyl sites for hydroxylation is 1. The minimum absolute atomic E-state index is 0.151. The topological polar surface area (TPSA) is 41.4 Å². The molecule has 3 aromatic rings. The summed E-state index contributed by atoms with van der Waals surface area (Å²) in [6.45, 7) is 6.08. The maximum absolute atomic E-state index is 12.8. The van der Waals surface area contributed by atoms with Gasteiger partial charge in [-0.25, -0.2) is 4.68 Å². The lowest BCUT2D eigenvalue weighted by atomic mass is 10.1. The average molecular weight is 360 g/mol. The normalized spacial score (nSPS) is 18.1. The zero-order valence-corrected chi connectivity index (χ0v) is 15.7. The molecule has 0 N–H and O–H groups in total. The highest BCUT2D eigenvalue weighted by Crippen LogP contribution is 2.24. The molecule has 0 saturated carbocycles. The van der Waals surface area contributed by atoms with Crippen LogP contribution in [0.2, 0.25) is 0 Å². The molecule has 0 radical (unpaired) electrons. The van der Waals surface area contributed by atoms with E-state index in [0.717, 1.165) is 29.0 Å². The molecule has 1 amide bonds. The predicted octanol–water partition coefficient (Wildman–Crippen LogP) is 3.42. The lowest BCUT2D eigenvalue weighted by Gasteiger charge is -2.39. The predicted molar refractivity (Wildman–Crippen MR) is 107 cm³/mol. The van der Waals surface area contributed by atoms with Crippen LogP contribution in [0.3, 0.4) is 0 Å². The first-order chi connectivity index (χ1) is 13.1. The number of para-hydroxylation sites is 2. The van der Waals surface area contributed by atoms with Crippen molar-refractivity contribution in [3.63, 3.8) is 0 Å². The summed E-state index contributed by atoms with van der Waals surface area (Å²) < 4.78 is 1.88. The summed E-state index contributed by atoms with van der Waals surface area (Å²) >= 11 is 0. The molecular formula is C22H24N4O. The molecule has 2 aromatic carbocycles. The second-order valence-electron chi connectivity index (χ2n) is 7.17. The summed E-state index contributed by atoms with van der Waals surface area (Å²) in [6.07, 6.45) is 3.93. The lowest BCUT2D eigenvalue weighted by molar-refractivity contribution is -0.122. The zero-order chi connectivity index (χ0) is 18.8. The van der Waals surface area contributed by atoms with Crippen LogP contribution in [0.15, 0.2) is 67.0 Å². The van der Waals surface area contributed by atoms with E-state index in [0.29, 0.717) is 13.1 Å². The first-order valence-electron chi connectivity index (χ1n) is 9.31. The van der Waals surface area contributed by atoms with Crippen LogP contribution in [0.25, 0.3) is 5.69 Å². The van der Waals surface area contributed by atoms with Crippen LogP contribution in [-0.2, 0) is 11.3 Å². The summed E-state index contributed by atoms with van der Waals surface area (Å²) in [4.78, 5) is 16.9. The Morgan fingerprint density at radius 1 is 1.07 bits per heavy atom. The monoisotopic (exact) mass is 360 g/mol. The van der Waals surface area contributed by atoms with Crippen LogP contribution in [0, 0.1) is 6.92 Å². The van der Waals surface area contributed by atoms with Gasteiger partial charge >= 0.3 is 0 Å². The molecular weight excluding hydrogens is 336 g/mol. The molecule has 0 aliphatic carbocycles. The van der Waals surface area contributed by atoms with E-state index in [-0.39, 0.29) is 11.9 Å². The quantitative estimate of drug-likeness (QED) is 0.716. The Bertz CT molecular complexity index is 934. The second-order valence-corrected chi connectivity index (χ2v) is 7.17. The number of benzene rings is 2. The minimum atomic E-state index is 0.151. The van der Waals surface area contributed by atoms with Gasteiger partial charge in [-0.1, -0.05) is 36.4 Å². The maximum Gasteiger partial charge on any atom is 0.241 e. The third-order valence-electron chi connectivity index (χ3n) is 5.16.